The summed E-state index contributed by atoms with van der Waals surface area (Å²) in [4.78, 5) is 20.1. The smallest absolute Gasteiger partial charge is 0.227 e. The van der Waals surface area contributed by atoms with Gasteiger partial charge < -0.3 is 4.90 Å². The van der Waals surface area contributed by atoms with Gasteiger partial charge in [0.1, 0.15) is 0 Å². The molecule has 0 aliphatic carbocycles. The predicted octanol–water partition coefficient (Wildman–Crippen LogP) is 3.76. The Morgan fingerprint density at radius 1 is 0.867 bits per heavy atom. The molecule has 4 rings (SSSR count). The number of benzene rings is 2. The number of hydrogen-bond donors (Lipinski definition) is 0. The van der Waals surface area contributed by atoms with Gasteiger partial charge in [0.25, 0.3) is 0 Å². The quantitative estimate of drug-likeness (QED) is 0.735. The Morgan fingerprint density at radius 3 is 2.30 bits per heavy atom. The van der Waals surface area contributed by atoms with Crippen molar-refractivity contribution >= 4 is 12.0 Å². The van der Waals surface area contributed by atoms with E-state index in [0.29, 0.717) is 5.91 Å². The summed E-state index contributed by atoms with van der Waals surface area (Å²) in [6, 6.07) is 21.0. The van der Waals surface area contributed by atoms with E-state index in [1.807, 2.05) is 6.07 Å². The lowest BCUT2D eigenvalue weighted by Gasteiger charge is -2.38. The van der Waals surface area contributed by atoms with Crippen molar-refractivity contribution in [2.75, 3.05) is 45.8 Å². The van der Waals surface area contributed by atoms with Crippen molar-refractivity contribution < 1.29 is 4.79 Å². The predicted molar refractivity (Wildman–Crippen MR) is 123 cm³/mol. The van der Waals surface area contributed by atoms with Gasteiger partial charge in [-0.05, 0) is 30.5 Å². The van der Waals surface area contributed by atoms with Gasteiger partial charge in [0, 0.05) is 45.8 Å². The molecule has 0 bridgehead atoms. The molecule has 2 aliphatic rings. The number of hydrogen-bond acceptors (Lipinski definition) is 3. The van der Waals surface area contributed by atoms with E-state index in [4.69, 9.17) is 0 Å². The Bertz CT molecular complexity index is 813. The lowest BCUT2D eigenvalue weighted by atomic mass is 9.95. The van der Waals surface area contributed by atoms with Crippen LogP contribution in [-0.2, 0) is 11.3 Å². The first kappa shape index (κ1) is 20.8. The molecule has 2 aromatic carbocycles. The average Bonchev–Trinajstić information content (AvgIpc) is 2.81. The highest BCUT2D eigenvalue weighted by Gasteiger charge is 2.30. The minimum atomic E-state index is 0.159. The van der Waals surface area contributed by atoms with Gasteiger partial charge in [-0.1, -0.05) is 72.8 Å². The number of rotatable bonds is 6. The maximum Gasteiger partial charge on any atom is 0.227 e. The van der Waals surface area contributed by atoms with Crippen molar-refractivity contribution in [3.8, 4) is 0 Å². The summed E-state index contributed by atoms with van der Waals surface area (Å²) < 4.78 is 0. The Morgan fingerprint density at radius 2 is 1.57 bits per heavy atom. The number of piperidine rings is 1. The van der Waals surface area contributed by atoms with Crippen LogP contribution in [0.3, 0.4) is 0 Å². The van der Waals surface area contributed by atoms with Gasteiger partial charge in [0.15, 0.2) is 0 Å². The second kappa shape index (κ2) is 10.6. The van der Waals surface area contributed by atoms with Crippen molar-refractivity contribution in [1.82, 2.24) is 14.7 Å². The number of likely N-dealkylation sites (tertiary alicyclic amines) is 1. The highest BCUT2D eigenvalue weighted by atomic mass is 16.2. The van der Waals surface area contributed by atoms with Crippen LogP contribution in [0.25, 0.3) is 6.08 Å². The molecule has 0 radical (unpaired) electrons. The molecule has 4 nitrogen and oxygen atoms in total. The highest BCUT2D eigenvalue weighted by Crippen LogP contribution is 2.21. The summed E-state index contributed by atoms with van der Waals surface area (Å²) in [5.74, 6) is 0.527. The van der Waals surface area contributed by atoms with Crippen LogP contribution in [0.2, 0.25) is 0 Å². The SMILES string of the molecule is O=C(C1CCCN(Cc2ccccc2)C1)N1CCN(C/C=C/c2ccccc2)CC1. The monoisotopic (exact) mass is 403 g/mol. The Kier molecular flexibility index (Phi) is 7.33. The third kappa shape index (κ3) is 5.80. The molecule has 2 fully saturated rings. The summed E-state index contributed by atoms with van der Waals surface area (Å²) in [5.41, 5.74) is 2.58. The molecule has 2 saturated heterocycles. The van der Waals surface area contributed by atoms with Crippen molar-refractivity contribution in [3.05, 3.63) is 77.9 Å². The molecular weight excluding hydrogens is 370 g/mol. The molecule has 1 amide bonds. The molecule has 30 heavy (non-hydrogen) atoms. The van der Waals surface area contributed by atoms with Crippen LogP contribution in [-0.4, -0.2) is 66.4 Å². The van der Waals surface area contributed by atoms with Gasteiger partial charge in [0.2, 0.25) is 5.91 Å². The Hall–Kier alpha value is -2.43. The molecular formula is C26H33N3O. The molecule has 4 heteroatoms. The van der Waals surface area contributed by atoms with Crippen LogP contribution in [0, 0.1) is 5.92 Å². The molecule has 2 heterocycles. The Balaban J connectivity index is 1.22. The van der Waals surface area contributed by atoms with E-state index in [-0.39, 0.29) is 5.92 Å². The van der Waals surface area contributed by atoms with Crippen molar-refractivity contribution in [3.63, 3.8) is 0 Å². The lowest BCUT2D eigenvalue weighted by molar-refractivity contribution is -0.139. The molecule has 2 aliphatic heterocycles. The van der Waals surface area contributed by atoms with E-state index in [2.05, 4.69) is 81.4 Å². The largest absolute Gasteiger partial charge is 0.340 e. The minimum absolute atomic E-state index is 0.159. The van der Waals surface area contributed by atoms with Crippen LogP contribution in [0.15, 0.2) is 66.7 Å². The fourth-order valence-electron chi connectivity index (χ4n) is 4.55. The summed E-state index contributed by atoms with van der Waals surface area (Å²) in [6.45, 7) is 7.53. The fraction of sp³-hybridized carbons (Fsp3) is 0.423. The topological polar surface area (TPSA) is 26.8 Å². The first-order valence-corrected chi connectivity index (χ1v) is 11.3. The molecule has 1 atom stereocenters. The van der Waals surface area contributed by atoms with Gasteiger partial charge in [-0.15, -0.1) is 0 Å². The van der Waals surface area contributed by atoms with E-state index >= 15 is 0 Å². The van der Waals surface area contributed by atoms with Gasteiger partial charge >= 0.3 is 0 Å². The average molecular weight is 404 g/mol. The standard InChI is InChI=1S/C26H33N3O/c30-26(25-14-8-16-28(22-25)21-24-11-5-2-6-12-24)29-19-17-27(18-20-29)15-7-13-23-9-3-1-4-10-23/h1-7,9-13,25H,8,14-22H2/b13-7+. The zero-order valence-electron chi connectivity index (χ0n) is 17.8. The summed E-state index contributed by atoms with van der Waals surface area (Å²) in [6.07, 6.45) is 6.56. The zero-order chi connectivity index (χ0) is 20.6. The minimum Gasteiger partial charge on any atom is -0.340 e. The molecule has 0 N–H and O–H groups in total. The molecule has 2 aromatic rings. The van der Waals surface area contributed by atoms with Crippen molar-refractivity contribution in [2.24, 2.45) is 5.92 Å². The van der Waals surface area contributed by atoms with Crippen molar-refractivity contribution in [2.45, 2.75) is 19.4 Å². The number of amides is 1. The summed E-state index contributed by atoms with van der Waals surface area (Å²) in [5, 5.41) is 0. The van der Waals surface area contributed by atoms with Gasteiger partial charge in [-0.25, -0.2) is 0 Å². The third-order valence-electron chi connectivity index (χ3n) is 6.26. The van der Waals surface area contributed by atoms with Crippen LogP contribution >= 0.6 is 0 Å². The van der Waals surface area contributed by atoms with Crippen LogP contribution in [0.5, 0.6) is 0 Å². The van der Waals surface area contributed by atoms with E-state index < -0.39 is 0 Å². The normalized spacial score (nSPS) is 21.2. The summed E-state index contributed by atoms with van der Waals surface area (Å²) >= 11 is 0. The van der Waals surface area contributed by atoms with Gasteiger partial charge in [0.05, 0.1) is 5.92 Å². The van der Waals surface area contributed by atoms with E-state index in [1.165, 1.54) is 11.1 Å². The van der Waals surface area contributed by atoms with Gasteiger partial charge in [-0.3, -0.25) is 14.6 Å². The van der Waals surface area contributed by atoms with Gasteiger partial charge in [-0.2, -0.15) is 0 Å². The van der Waals surface area contributed by atoms with E-state index in [1.54, 1.807) is 0 Å². The maximum atomic E-state index is 13.1. The van der Waals surface area contributed by atoms with E-state index in [0.717, 1.165) is 65.2 Å². The van der Waals surface area contributed by atoms with Crippen LogP contribution in [0.1, 0.15) is 24.0 Å². The number of nitrogens with zero attached hydrogens (tertiary/aromatic N) is 3. The van der Waals surface area contributed by atoms with Crippen LogP contribution in [0.4, 0.5) is 0 Å². The molecule has 0 aromatic heterocycles. The first-order valence-electron chi connectivity index (χ1n) is 11.3. The van der Waals surface area contributed by atoms with Crippen LogP contribution < -0.4 is 0 Å². The molecule has 1 unspecified atom stereocenters. The lowest BCUT2D eigenvalue weighted by Crippen LogP contribution is -2.52. The van der Waals surface area contributed by atoms with E-state index in [9.17, 15) is 4.79 Å². The number of piperazine rings is 1. The maximum absolute atomic E-state index is 13.1. The second-order valence-corrected chi connectivity index (χ2v) is 8.50. The number of carbonyl (C=O) groups excluding carboxylic acids is 1. The summed E-state index contributed by atoms with van der Waals surface area (Å²) in [7, 11) is 0. The Labute approximate surface area is 180 Å². The number of carbonyl (C=O) groups is 1. The molecule has 158 valence electrons. The zero-order valence-corrected chi connectivity index (χ0v) is 17.8. The third-order valence-corrected chi connectivity index (χ3v) is 6.26. The second-order valence-electron chi connectivity index (χ2n) is 8.50. The van der Waals surface area contributed by atoms with Crippen molar-refractivity contribution in [1.29, 1.82) is 0 Å². The molecule has 0 saturated carbocycles. The first-order chi connectivity index (χ1) is 14.8. The fourth-order valence-corrected chi connectivity index (χ4v) is 4.55. The molecule has 0 spiro atoms. The highest BCUT2D eigenvalue weighted by molar-refractivity contribution is 5.79.